The van der Waals surface area contributed by atoms with Gasteiger partial charge in [-0.2, -0.15) is 0 Å². The molecule has 0 bridgehead atoms. The minimum absolute atomic E-state index is 0.0423. The molecule has 1 aliphatic rings. The summed E-state index contributed by atoms with van der Waals surface area (Å²) in [4.78, 5) is 27.0. The van der Waals surface area contributed by atoms with Gasteiger partial charge in [-0.05, 0) is 48.4 Å². The van der Waals surface area contributed by atoms with Crippen LogP contribution < -0.4 is 4.74 Å². The molecule has 1 heterocycles. The van der Waals surface area contributed by atoms with Gasteiger partial charge in [0.2, 0.25) is 0 Å². The molecule has 0 radical (unpaired) electrons. The monoisotopic (exact) mass is 429 g/mol. The number of nitrogens with zero attached hydrogens (tertiary/aromatic N) is 1. The number of rotatable bonds is 8. The minimum Gasteiger partial charge on any atom is -0.507 e. The molecule has 1 fully saturated rings. The van der Waals surface area contributed by atoms with Gasteiger partial charge < -0.3 is 19.5 Å². The van der Waals surface area contributed by atoms with Crippen molar-refractivity contribution < 1.29 is 24.2 Å². The second kappa shape index (κ2) is 9.78. The highest BCUT2D eigenvalue weighted by Gasteiger charge is 2.45. The van der Waals surface area contributed by atoms with E-state index in [-0.39, 0.29) is 24.5 Å². The van der Waals surface area contributed by atoms with E-state index in [0.717, 1.165) is 6.42 Å². The molecule has 1 unspecified atom stereocenters. The maximum Gasteiger partial charge on any atom is 0.295 e. The average Bonchev–Trinajstić information content (AvgIpc) is 3.01. The van der Waals surface area contributed by atoms with Crippen molar-refractivity contribution in [2.75, 3.05) is 26.9 Å². The number of Topliss-reactive ketones (excluding diaryl/α,β-unsaturated/α-hetero) is 1. The number of hydrogen-bond donors (Lipinski definition) is 1. The number of carbonyl (C=O) groups is 2. The second-order valence-corrected chi connectivity index (χ2v) is 7.35. The number of halogens is 1. The van der Waals surface area contributed by atoms with Crippen LogP contribution in [-0.4, -0.2) is 48.6 Å². The Morgan fingerprint density at radius 3 is 2.33 bits per heavy atom. The number of likely N-dealkylation sites (tertiary alicyclic amines) is 1. The number of benzene rings is 2. The number of methoxy groups -OCH3 is 1. The molecule has 0 saturated carbocycles. The van der Waals surface area contributed by atoms with Crippen LogP contribution in [0.1, 0.15) is 30.5 Å². The highest BCUT2D eigenvalue weighted by Crippen LogP contribution is 2.39. The van der Waals surface area contributed by atoms with Gasteiger partial charge in [-0.3, -0.25) is 9.59 Å². The highest BCUT2D eigenvalue weighted by atomic mass is 35.5. The molecule has 0 aromatic heterocycles. The number of carbonyl (C=O) groups excluding carboxylic acids is 2. The van der Waals surface area contributed by atoms with Crippen molar-refractivity contribution in [3.8, 4) is 5.75 Å². The van der Waals surface area contributed by atoms with Crippen molar-refractivity contribution in [1.82, 2.24) is 4.90 Å². The van der Waals surface area contributed by atoms with Gasteiger partial charge in [0, 0.05) is 24.2 Å². The Hall–Kier alpha value is -2.83. The molecule has 1 N–H and O–H groups in total. The Labute approximate surface area is 180 Å². The number of ether oxygens (including phenoxy) is 2. The molecule has 2 aromatic carbocycles. The van der Waals surface area contributed by atoms with Gasteiger partial charge >= 0.3 is 0 Å². The zero-order valence-corrected chi connectivity index (χ0v) is 17.7. The van der Waals surface area contributed by atoms with Crippen LogP contribution in [0.4, 0.5) is 0 Å². The molecule has 6 nitrogen and oxygen atoms in total. The molecule has 7 heteroatoms. The number of aliphatic hydroxyl groups excluding tert-OH is 1. The maximum absolute atomic E-state index is 12.9. The Kier molecular flexibility index (Phi) is 7.13. The van der Waals surface area contributed by atoms with Crippen LogP contribution in [0, 0.1) is 0 Å². The van der Waals surface area contributed by atoms with Crippen molar-refractivity contribution in [3.05, 3.63) is 70.3 Å². The van der Waals surface area contributed by atoms with Crippen LogP contribution in [0.3, 0.4) is 0 Å². The minimum atomic E-state index is -0.728. The molecule has 1 atom stereocenters. The molecular formula is C23H24ClNO5. The number of aliphatic hydroxyl groups is 1. The normalized spacial score (nSPS) is 18.1. The standard InChI is InChI=1S/C23H24ClNO5/c1-3-13-30-18-10-6-16(7-11-18)21(26)19-20(15-4-8-17(24)9-5-15)25(12-14-29-2)23(28)22(19)27/h4-11,20,26H,3,12-14H2,1-2H3/b21-19+. The van der Waals surface area contributed by atoms with Crippen molar-refractivity contribution in [2.24, 2.45) is 0 Å². The first-order valence-corrected chi connectivity index (χ1v) is 10.1. The zero-order chi connectivity index (χ0) is 21.7. The molecule has 2 aromatic rings. The van der Waals surface area contributed by atoms with E-state index in [2.05, 4.69) is 0 Å². The molecule has 1 amide bonds. The molecule has 30 heavy (non-hydrogen) atoms. The fraction of sp³-hybridized carbons (Fsp3) is 0.304. The lowest BCUT2D eigenvalue weighted by Gasteiger charge is -2.25. The topological polar surface area (TPSA) is 76.1 Å². The molecule has 1 aliphatic heterocycles. The summed E-state index contributed by atoms with van der Waals surface area (Å²) < 4.78 is 10.7. The molecule has 0 aliphatic carbocycles. The lowest BCUT2D eigenvalue weighted by atomic mass is 9.95. The van der Waals surface area contributed by atoms with E-state index in [1.807, 2.05) is 6.92 Å². The summed E-state index contributed by atoms with van der Waals surface area (Å²) in [5.74, 6) is -0.954. The van der Waals surface area contributed by atoms with Crippen LogP contribution in [-0.2, 0) is 14.3 Å². The van der Waals surface area contributed by atoms with Gasteiger partial charge in [-0.25, -0.2) is 0 Å². The van der Waals surface area contributed by atoms with E-state index in [1.165, 1.54) is 12.0 Å². The van der Waals surface area contributed by atoms with E-state index < -0.39 is 17.7 Å². The van der Waals surface area contributed by atoms with Crippen LogP contribution in [0.15, 0.2) is 54.1 Å². The third-order valence-electron chi connectivity index (χ3n) is 4.86. The zero-order valence-electron chi connectivity index (χ0n) is 16.9. The van der Waals surface area contributed by atoms with Gasteiger partial charge in [0.25, 0.3) is 11.7 Å². The predicted octanol–water partition coefficient (Wildman–Crippen LogP) is 4.20. The lowest BCUT2D eigenvalue weighted by Crippen LogP contribution is -2.32. The van der Waals surface area contributed by atoms with Crippen molar-refractivity contribution >= 4 is 29.1 Å². The van der Waals surface area contributed by atoms with E-state index in [4.69, 9.17) is 21.1 Å². The first-order chi connectivity index (χ1) is 14.5. The van der Waals surface area contributed by atoms with Crippen molar-refractivity contribution in [3.63, 3.8) is 0 Å². The summed E-state index contributed by atoms with van der Waals surface area (Å²) in [5, 5.41) is 11.5. The predicted molar refractivity (Wildman–Crippen MR) is 115 cm³/mol. The van der Waals surface area contributed by atoms with E-state index in [1.54, 1.807) is 48.5 Å². The summed E-state index contributed by atoms with van der Waals surface area (Å²) in [5.41, 5.74) is 1.15. The van der Waals surface area contributed by atoms with Gasteiger partial charge in [-0.15, -0.1) is 0 Å². The van der Waals surface area contributed by atoms with Crippen LogP contribution in [0.25, 0.3) is 5.76 Å². The average molecular weight is 430 g/mol. The molecular weight excluding hydrogens is 406 g/mol. The first kappa shape index (κ1) is 21.9. The Morgan fingerprint density at radius 1 is 1.07 bits per heavy atom. The Morgan fingerprint density at radius 2 is 1.73 bits per heavy atom. The molecule has 3 rings (SSSR count). The van der Waals surface area contributed by atoms with Gasteiger partial charge in [0.1, 0.15) is 11.5 Å². The molecule has 158 valence electrons. The molecule has 1 saturated heterocycles. The summed E-state index contributed by atoms with van der Waals surface area (Å²) >= 11 is 6.00. The fourth-order valence-corrected chi connectivity index (χ4v) is 3.50. The van der Waals surface area contributed by atoms with Crippen molar-refractivity contribution in [1.29, 1.82) is 0 Å². The highest BCUT2D eigenvalue weighted by molar-refractivity contribution is 6.46. The maximum atomic E-state index is 12.9. The summed E-state index contributed by atoms with van der Waals surface area (Å²) in [6.07, 6.45) is 0.883. The summed E-state index contributed by atoms with van der Waals surface area (Å²) in [6.45, 7) is 3.08. The third-order valence-corrected chi connectivity index (χ3v) is 5.11. The van der Waals surface area contributed by atoms with Crippen LogP contribution in [0.2, 0.25) is 5.02 Å². The smallest absolute Gasteiger partial charge is 0.295 e. The number of hydrogen-bond acceptors (Lipinski definition) is 5. The Bertz CT molecular complexity index is 937. The Balaban J connectivity index is 2.04. The van der Waals surface area contributed by atoms with Gasteiger partial charge in [0.05, 0.1) is 24.8 Å². The van der Waals surface area contributed by atoms with E-state index >= 15 is 0 Å². The van der Waals surface area contributed by atoms with E-state index in [0.29, 0.717) is 28.5 Å². The lowest BCUT2D eigenvalue weighted by molar-refractivity contribution is -0.140. The van der Waals surface area contributed by atoms with Gasteiger partial charge in [-0.1, -0.05) is 30.7 Å². The summed E-state index contributed by atoms with van der Waals surface area (Å²) in [7, 11) is 1.52. The number of ketones is 1. The third kappa shape index (κ3) is 4.50. The molecule has 0 spiro atoms. The number of amides is 1. The second-order valence-electron chi connectivity index (χ2n) is 6.91. The SMILES string of the molecule is CCCOc1ccc(/C(O)=C2\C(=O)C(=O)N(CCOC)C2c2ccc(Cl)cc2)cc1. The largest absolute Gasteiger partial charge is 0.507 e. The quantitative estimate of drug-likeness (QED) is 0.386. The summed E-state index contributed by atoms with van der Waals surface area (Å²) in [6, 6.07) is 12.9. The first-order valence-electron chi connectivity index (χ1n) is 9.74. The van der Waals surface area contributed by atoms with Crippen LogP contribution >= 0.6 is 11.6 Å². The van der Waals surface area contributed by atoms with Crippen molar-refractivity contribution in [2.45, 2.75) is 19.4 Å². The van der Waals surface area contributed by atoms with Gasteiger partial charge in [0.15, 0.2) is 0 Å². The van der Waals surface area contributed by atoms with E-state index in [9.17, 15) is 14.7 Å². The fourth-order valence-electron chi connectivity index (χ4n) is 3.38. The van der Waals surface area contributed by atoms with Crippen LogP contribution in [0.5, 0.6) is 5.75 Å².